The first-order chi connectivity index (χ1) is 31.0. The van der Waals surface area contributed by atoms with Crippen LogP contribution in [0.25, 0.3) is 0 Å². The van der Waals surface area contributed by atoms with Crippen LogP contribution in [0.2, 0.25) is 0 Å². The molecule has 0 saturated heterocycles. The minimum Gasteiger partial charge on any atom is -0.466 e. The van der Waals surface area contributed by atoms with Gasteiger partial charge in [0.25, 0.3) is 0 Å². The van der Waals surface area contributed by atoms with Gasteiger partial charge in [-0.1, -0.05) is 256 Å². The van der Waals surface area contributed by atoms with Gasteiger partial charge < -0.3 is 20.3 Å². The van der Waals surface area contributed by atoms with E-state index in [-0.39, 0.29) is 18.5 Å². The van der Waals surface area contributed by atoms with Gasteiger partial charge in [0.2, 0.25) is 5.91 Å². The highest BCUT2D eigenvalue weighted by molar-refractivity contribution is 5.76. The largest absolute Gasteiger partial charge is 0.466 e. The molecule has 0 aliphatic heterocycles. The fourth-order valence-electron chi connectivity index (χ4n) is 8.67. The zero-order chi connectivity index (χ0) is 45.8. The molecule has 0 aromatic heterocycles. The highest BCUT2D eigenvalue weighted by atomic mass is 16.5. The number of rotatable bonds is 52. The molecule has 3 N–H and O–H groups in total. The molecule has 372 valence electrons. The Morgan fingerprint density at radius 3 is 1.22 bits per heavy atom. The average molecular weight is 889 g/mol. The number of unbranched alkanes of at least 4 members (excludes halogenated alkanes) is 37. The van der Waals surface area contributed by atoms with Crippen LogP contribution in [0.1, 0.15) is 303 Å². The molecule has 6 heteroatoms. The van der Waals surface area contributed by atoms with Crippen LogP contribution >= 0.6 is 0 Å². The Kier molecular flexibility index (Phi) is 51.6. The number of aliphatic hydroxyl groups is 2. The number of hydrogen-bond donors (Lipinski definition) is 3. The van der Waals surface area contributed by atoms with Crippen LogP contribution in [-0.2, 0) is 14.3 Å². The molecule has 0 saturated carbocycles. The minimum atomic E-state index is -0.683. The average Bonchev–Trinajstić information content (AvgIpc) is 3.28. The summed E-state index contributed by atoms with van der Waals surface area (Å²) in [5.41, 5.74) is 0. The number of hydrogen-bond acceptors (Lipinski definition) is 5. The molecule has 0 radical (unpaired) electrons. The summed E-state index contributed by atoms with van der Waals surface area (Å²) < 4.78 is 5.45. The van der Waals surface area contributed by atoms with Gasteiger partial charge in [0.05, 0.1) is 25.4 Å². The second kappa shape index (κ2) is 53.0. The fourth-order valence-corrected chi connectivity index (χ4v) is 8.67. The summed E-state index contributed by atoms with van der Waals surface area (Å²) in [5.74, 6) is -0.0989. The standard InChI is InChI=1S/C57H109NO5/c1-3-5-7-9-11-13-15-17-19-21-22-23-24-25-26-28-30-33-37-41-45-49-55(60)54(53-59)58-56(61)50-46-42-38-34-32-36-40-44-48-52-63-57(62)51-47-43-39-35-31-29-27-20-18-16-14-12-10-8-6-4-2/h14,16,20,27,54-55,59-60H,3-13,15,17-19,21-26,28-53H2,1-2H3,(H,58,61)/b16-14-,27-20-. The number of carbonyl (C=O) groups excluding carboxylic acids is 2. The Labute approximate surface area is 392 Å². The molecule has 6 nitrogen and oxygen atoms in total. The van der Waals surface area contributed by atoms with Crippen molar-refractivity contribution in [1.29, 1.82) is 0 Å². The van der Waals surface area contributed by atoms with Crippen molar-refractivity contribution in [1.82, 2.24) is 5.32 Å². The summed E-state index contributed by atoms with van der Waals surface area (Å²) in [6, 6.07) is -0.563. The number of nitrogens with one attached hydrogen (secondary N) is 1. The predicted molar refractivity (Wildman–Crippen MR) is 273 cm³/mol. The normalized spacial score (nSPS) is 12.8. The molecule has 0 bridgehead atoms. The van der Waals surface area contributed by atoms with Crippen molar-refractivity contribution in [2.75, 3.05) is 13.2 Å². The van der Waals surface area contributed by atoms with E-state index in [1.807, 2.05) is 0 Å². The maximum atomic E-state index is 12.5. The van der Waals surface area contributed by atoms with E-state index in [0.717, 1.165) is 70.6 Å². The minimum absolute atomic E-state index is 0.0376. The van der Waals surface area contributed by atoms with Gasteiger partial charge in [-0.25, -0.2) is 0 Å². The number of esters is 1. The topological polar surface area (TPSA) is 95.9 Å². The number of aliphatic hydroxyl groups excluding tert-OH is 2. The number of amides is 1. The van der Waals surface area contributed by atoms with Gasteiger partial charge in [-0.15, -0.1) is 0 Å². The highest BCUT2D eigenvalue weighted by Crippen LogP contribution is 2.17. The van der Waals surface area contributed by atoms with Crippen molar-refractivity contribution in [3.05, 3.63) is 24.3 Å². The number of carbonyl (C=O) groups is 2. The van der Waals surface area contributed by atoms with Crippen LogP contribution in [0.4, 0.5) is 0 Å². The second-order valence-electron chi connectivity index (χ2n) is 19.3. The molecule has 0 aromatic carbocycles. The molecule has 0 aliphatic rings. The molecule has 0 spiro atoms. The van der Waals surface area contributed by atoms with E-state index >= 15 is 0 Å². The predicted octanol–water partition coefficient (Wildman–Crippen LogP) is 17.1. The van der Waals surface area contributed by atoms with E-state index in [0.29, 0.717) is 25.9 Å². The van der Waals surface area contributed by atoms with Crippen molar-refractivity contribution >= 4 is 11.9 Å². The quantitative estimate of drug-likeness (QED) is 0.0321. The maximum Gasteiger partial charge on any atom is 0.305 e. The van der Waals surface area contributed by atoms with Crippen LogP contribution < -0.4 is 5.32 Å². The zero-order valence-electron chi connectivity index (χ0n) is 42.3. The first-order valence-electron chi connectivity index (χ1n) is 28.1. The lowest BCUT2D eigenvalue weighted by Gasteiger charge is -2.22. The lowest BCUT2D eigenvalue weighted by atomic mass is 10.0. The maximum absolute atomic E-state index is 12.5. The molecule has 2 unspecified atom stereocenters. The van der Waals surface area contributed by atoms with Gasteiger partial charge in [-0.2, -0.15) is 0 Å². The third-order valence-electron chi connectivity index (χ3n) is 13.0. The van der Waals surface area contributed by atoms with Crippen molar-refractivity contribution in [2.24, 2.45) is 0 Å². The third-order valence-corrected chi connectivity index (χ3v) is 13.0. The molecule has 2 atom stereocenters. The van der Waals surface area contributed by atoms with Gasteiger partial charge in [0.1, 0.15) is 0 Å². The van der Waals surface area contributed by atoms with Gasteiger partial charge in [0.15, 0.2) is 0 Å². The molecular weight excluding hydrogens is 779 g/mol. The van der Waals surface area contributed by atoms with Crippen molar-refractivity contribution in [2.45, 2.75) is 315 Å². The first-order valence-corrected chi connectivity index (χ1v) is 28.1. The number of ether oxygens (including phenoxy) is 1. The van der Waals surface area contributed by atoms with Crippen molar-refractivity contribution < 1.29 is 24.5 Å². The molecule has 0 fully saturated rings. The van der Waals surface area contributed by atoms with Gasteiger partial charge >= 0.3 is 5.97 Å². The summed E-state index contributed by atoms with van der Waals surface area (Å²) in [7, 11) is 0. The Morgan fingerprint density at radius 1 is 0.444 bits per heavy atom. The SMILES string of the molecule is CCCCCC/C=C\C/C=C\CCCCCCCC(=O)OCCCCCCCCCCCC(=O)NC(CO)C(O)CCCCCCCCCCCCCCCCCCCCCCC. The summed E-state index contributed by atoms with van der Waals surface area (Å²) in [6.07, 6.45) is 63.0. The Bertz CT molecular complexity index is 982. The zero-order valence-corrected chi connectivity index (χ0v) is 42.3. The summed E-state index contributed by atoms with van der Waals surface area (Å²) in [4.78, 5) is 24.5. The summed E-state index contributed by atoms with van der Waals surface area (Å²) in [6.45, 7) is 4.88. The Hall–Kier alpha value is -1.66. The smallest absolute Gasteiger partial charge is 0.305 e. The molecule has 0 aromatic rings. The highest BCUT2D eigenvalue weighted by Gasteiger charge is 2.20. The van der Waals surface area contributed by atoms with Crippen molar-refractivity contribution in [3.63, 3.8) is 0 Å². The lowest BCUT2D eigenvalue weighted by Crippen LogP contribution is -2.45. The molecule has 0 heterocycles. The van der Waals surface area contributed by atoms with Crippen molar-refractivity contribution in [3.8, 4) is 0 Å². The van der Waals surface area contributed by atoms with Gasteiger partial charge in [0, 0.05) is 12.8 Å². The lowest BCUT2D eigenvalue weighted by molar-refractivity contribution is -0.143. The number of allylic oxidation sites excluding steroid dienone is 4. The molecule has 0 aliphatic carbocycles. The van der Waals surface area contributed by atoms with Crippen LogP contribution in [-0.4, -0.2) is 47.4 Å². The Balaban J connectivity index is 3.49. The fraction of sp³-hybridized carbons (Fsp3) is 0.895. The third kappa shape index (κ3) is 49.6. The van der Waals surface area contributed by atoms with Gasteiger partial charge in [-0.05, 0) is 57.8 Å². The Morgan fingerprint density at radius 2 is 0.794 bits per heavy atom. The van der Waals surface area contributed by atoms with Crippen LogP contribution in [0.15, 0.2) is 24.3 Å². The van der Waals surface area contributed by atoms with E-state index in [4.69, 9.17) is 4.74 Å². The molecule has 63 heavy (non-hydrogen) atoms. The monoisotopic (exact) mass is 888 g/mol. The summed E-state index contributed by atoms with van der Waals surface area (Å²) >= 11 is 0. The van der Waals surface area contributed by atoms with E-state index in [2.05, 4.69) is 43.5 Å². The second-order valence-corrected chi connectivity index (χ2v) is 19.3. The first kappa shape index (κ1) is 61.3. The van der Waals surface area contributed by atoms with Crippen LogP contribution in [0.3, 0.4) is 0 Å². The van der Waals surface area contributed by atoms with E-state index in [9.17, 15) is 19.8 Å². The summed E-state index contributed by atoms with van der Waals surface area (Å²) in [5, 5.41) is 23.3. The molecule has 0 rings (SSSR count). The van der Waals surface area contributed by atoms with Gasteiger partial charge in [-0.3, -0.25) is 9.59 Å². The van der Waals surface area contributed by atoms with Crippen LogP contribution in [0, 0.1) is 0 Å². The molecular formula is C57H109NO5. The van der Waals surface area contributed by atoms with E-state index < -0.39 is 12.1 Å². The van der Waals surface area contributed by atoms with Crippen LogP contribution in [0.5, 0.6) is 0 Å². The van der Waals surface area contributed by atoms with E-state index in [1.165, 1.54) is 199 Å². The van der Waals surface area contributed by atoms with E-state index in [1.54, 1.807) is 0 Å². The molecule has 1 amide bonds.